The Labute approximate surface area is 113 Å². The van der Waals surface area contributed by atoms with Crippen molar-refractivity contribution in [2.45, 2.75) is 32.1 Å². The van der Waals surface area contributed by atoms with Crippen LogP contribution < -0.4 is 4.72 Å². The highest BCUT2D eigenvalue weighted by Crippen LogP contribution is 2.17. The molecule has 1 unspecified atom stereocenters. The molecule has 0 aliphatic carbocycles. The van der Waals surface area contributed by atoms with Gasteiger partial charge in [-0.1, -0.05) is 19.1 Å². The number of rotatable bonds is 6. The molecule has 0 heterocycles. The summed E-state index contributed by atoms with van der Waals surface area (Å²) in [4.78, 5) is 11.1. The zero-order valence-electron chi connectivity index (χ0n) is 11.3. The van der Waals surface area contributed by atoms with Gasteiger partial charge in [-0.05, 0) is 37.5 Å². The van der Waals surface area contributed by atoms with Crippen molar-refractivity contribution < 1.29 is 18.3 Å². The third kappa shape index (κ3) is 4.04. The van der Waals surface area contributed by atoms with Crippen molar-refractivity contribution in [3.05, 3.63) is 29.3 Å². The van der Waals surface area contributed by atoms with Gasteiger partial charge in [-0.2, -0.15) is 0 Å². The maximum Gasteiger partial charge on any atom is 0.307 e. The minimum Gasteiger partial charge on any atom is -0.481 e. The Morgan fingerprint density at radius 1 is 1.37 bits per heavy atom. The van der Waals surface area contributed by atoms with Gasteiger partial charge in [-0.3, -0.25) is 4.79 Å². The lowest BCUT2D eigenvalue weighted by Gasteiger charge is -2.13. The molecule has 0 aliphatic heterocycles. The van der Waals surface area contributed by atoms with E-state index in [4.69, 9.17) is 5.11 Å². The summed E-state index contributed by atoms with van der Waals surface area (Å²) in [5, 5.41) is 8.90. The van der Waals surface area contributed by atoms with Crippen LogP contribution in [0, 0.1) is 19.8 Å². The average molecular weight is 285 g/mol. The standard InChI is InChI=1S/C13H19NO4S/c1-4-11(13(15)16)8-14-19(17,18)12-7-9(2)5-6-10(12)3/h5-7,11,14H,4,8H2,1-3H3,(H,15,16). The minimum atomic E-state index is -3.67. The molecule has 19 heavy (non-hydrogen) atoms. The van der Waals surface area contributed by atoms with Crippen LogP contribution in [0.4, 0.5) is 0 Å². The van der Waals surface area contributed by atoms with Gasteiger partial charge in [0.15, 0.2) is 0 Å². The molecule has 1 aromatic rings. The maximum atomic E-state index is 12.1. The predicted octanol–water partition coefficient (Wildman–Crippen LogP) is 1.69. The monoisotopic (exact) mass is 285 g/mol. The highest BCUT2D eigenvalue weighted by atomic mass is 32.2. The van der Waals surface area contributed by atoms with Crippen molar-refractivity contribution in [3.8, 4) is 0 Å². The molecular formula is C13H19NO4S. The van der Waals surface area contributed by atoms with Crippen LogP contribution in [-0.4, -0.2) is 26.0 Å². The summed E-state index contributed by atoms with van der Waals surface area (Å²) in [5.74, 6) is -1.70. The molecule has 6 heteroatoms. The van der Waals surface area contributed by atoms with Crippen molar-refractivity contribution in [3.63, 3.8) is 0 Å². The fraction of sp³-hybridized carbons (Fsp3) is 0.462. The molecule has 0 radical (unpaired) electrons. The first kappa shape index (κ1) is 15.7. The summed E-state index contributed by atoms with van der Waals surface area (Å²) in [6, 6.07) is 5.15. The van der Waals surface area contributed by atoms with Crippen molar-refractivity contribution in [1.29, 1.82) is 0 Å². The molecule has 1 rings (SSSR count). The summed E-state index contributed by atoms with van der Waals surface area (Å²) in [7, 11) is -3.67. The lowest BCUT2D eigenvalue weighted by Crippen LogP contribution is -2.33. The number of benzene rings is 1. The van der Waals surface area contributed by atoms with Gasteiger partial charge in [0.25, 0.3) is 0 Å². The first-order chi connectivity index (χ1) is 8.77. The van der Waals surface area contributed by atoms with Crippen molar-refractivity contribution in [1.82, 2.24) is 4.72 Å². The third-order valence-electron chi connectivity index (χ3n) is 2.99. The second kappa shape index (κ2) is 6.16. The van der Waals surface area contributed by atoms with E-state index in [9.17, 15) is 13.2 Å². The van der Waals surface area contributed by atoms with Crippen molar-refractivity contribution in [2.75, 3.05) is 6.54 Å². The summed E-state index contributed by atoms with van der Waals surface area (Å²) in [6.45, 7) is 5.14. The SMILES string of the molecule is CCC(CNS(=O)(=O)c1cc(C)ccc1C)C(=O)O. The van der Waals surface area contributed by atoms with Crippen LogP contribution in [0.25, 0.3) is 0 Å². The molecule has 0 aliphatic rings. The molecule has 1 atom stereocenters. The molecule has 2 N–H and O–H groups in total. The van der Waals surface area contributed by atoms with Gasteiger partial charge in [0.1, 0.15) is 0 Å². The number of hydrogen-bond donors (Lipinski definition) is 2. The fourth-order valence-electron chi connectivity index (χ4n) is 1.69. The largest absolute Gasteiger partial charge is 0.481 e. The normalized spacial score (nSPS) is 13.2. The van der Waals surface area contributed by atoms with E-state index in [1.807, 2.05) is 13.0 Å². The molecule has 0 spiro atoms. The van der Waals surface area contributed by atoms with Gasteiger partial charge in [-0.15, -0.1) is 0 Å². The molecule has 5 nitrogen and oxygen atoms in total. The summed E-state index contributed by atoms with van der Waals surface area (Å²) >= 11 is 0. The van der Waals surface area contributed by atoms with E-state index >= 15 is 0 Å². The molecule has 106 valence electrons. The van der Waals surface area contributed by atoms with Gasteiger partial charge in [-0.25, -0.2) is 13.1 Å². The van der Waals surface area contributed by atoms with Crippen LogP contribution in [-0.2, 0) is 14.8 Å². The van der Waals surface area contributed by atoms with Crippen LogP contribution in [0.3, 0.4) is 0 Å². The van der Waals surface area contributed by atoms with Gasteiger partial charge >= 0.3 is 5.97 Å². The van der Waals surface area contributed by atoms with E-state index in [1.165, 1.54) is 0 Å². The minimum absolute atomic E-state index is 0.0957. The zero-order valence-corrected chi connectivity index (χ0v) is 12.1. The van der Waals surface area contributed by atoms with Gasteiger partial charge in [0.05, 0.1) is 10.8 Å². The molecule has 0 saturated carbocycles. The number of aliphatic carboxylic acids is 1. The van der Waals surface area contributed by atoms with E-state index in [2.05, 4.69) is 4.72 Å². The first-order valence-electron chi connectivity index (χ1n) is 6.07. The van der Waals surface area contributed by atoms with Gasteiger partial charge in [0.2, 0.25) is 10.0 Å². The van der Waals surface area contributed by atoms with Crippen molar-refractivity contribution >= 4 is 16.0 Å². The Bertz CT molecular complexity index is 566. The Hall–Kier alpha value is -1.40. The van der Waals surface area contributed by atoms with Crippen molar-refractivity contribution in [2.24, 2.45) is 5.92 Å². The van der Waals surface area contributed by atoms with Crippen LogP contribution in [0.15, 0.2) is 23.1 Å². The molecule has 0 aromatic heterocycles. The Kier molecular flexibility index (Phi) is 5.08. The first-order valence-corrected chi connectivity index (χ1v) is 7.56. The number of aryl methyl sites for hydroxylation is 2. The molecule has 0 saturated heterocycles. The van der Waals surface area contributed by atoms with Crippen LogP contribution in [0.5, 0.6) is 0 Å². The molecule has 0 bridgehead atoms. The number of sulfonamides is 1. The van der Waals surface area contributed by atoms with E-state index < -0.39 is 21.9 Å². The molecular weight excluding hydrogens is 266 g/mol. The molecule has 0 amide bonds. The lowest BCUT2D eigenvalue weighted by molar-refractivity contribution is -0.141. The number of nitrogens with one attached hydrogen (secondary N) is 1. The summed E-state index contributed by atoms with van der Waals surface area (Å²) < 4.78 is 26.7. The highest BCUT2D eigenvalue weighted by Gasteiger charge is 2.21. The molecule has 1 aromatic carbocycles. The number of carboxylic acid groups (broad SMARTS) is 1. The summed E-state index contributed by atoms with van der Waals surface area (Å²) in [5.41, 5.74) is 1.48. The number of carbonyl (C=O) groups is 1. The molecule has 0 fully saturated rings. The zero-order chi connectivity index (χ0) is 14.6. The van der Waals surface area contributed by atoms with E-state index in [0.29, 0.717) is 12.0 Å². The fourth-order valence-corrected chi connectivity index (χ4v) is 3.10. The summed E-state index contributed by atoms with van der Waals surface area (Å²) in [6.07, 6.45) is 0.380. The third-order valence-corrected chi connectivity index (χ3v) is 4.56. The Balaban J connectivity index is 2.93. The van der Waals surface area contributed by atoms with Crippen LogP contribution >= 0.6 is 0 Å². The second-order valence-corrected chi connectivity index (χ2v) is 6.30. The Morgan fingerprint density at radius 3 is 2.53 bits per heavy atom. The Morgan fingerprint density at radius 2 is 2.00 bits per heavy atom. The van der Waals surface area contributed by atoms with Gasteiger partial charge < -0.3 is 5.11 Å². The van der Waals surface area contributed by atoms with E-state index in [1.54, 1.807) is 26.0 Å². The highest BCUT2D eigenvalue weighted by molar-refractivity contribution is 7.89. The maximum absolute atomic E-state index is 12.1. The smallest absolute Gasteiger partial charge is 0.307 e. The predicted molar refractivity (Wildman–Crippen MR) is 72.5 cm³/mol. The number of carboxylic acids is 1. The quantitative estimate of drug-likeness (QED) is 0.833. The van der Waals surface area contributed by atoms with Crippen LogP contribution in [0.1, 0.15) is 24.5 Å². The van der Waals surface area contributed by atoms with E-state index in [-0.39, 0.29) is 11.4 Å². The van der Waals surface area contributed by atoms with Gasteiger partial charge in [0, 0.05) is 6.54 Å². The lowest BCUT2D eigenvalue weighted by atomic mass is 10.1. The second-order valence-electron chi connectivity index (χ2n) is 4.56. The van der Waals surface area contributed by atoms with Crippen LogP contribution in [0.2, 0.25) is 0 Å². The number of hydrogen-bond acceptors (Lipinski definition) is 3. The van der Waals surface area contributed by atoms with E-state index in [0.717, 1.165) is 5.56 Å². The average Bonchev–Trinajstić information content (AvgIpc) is 2.32. The topological polar surface area (TPSA) is 83.5 Å².